The van der Waals surface area contributed by atoms with Crippen LogP contribution in [-0.4, -0.2) is 23.6 Å². The van der Waals surface area contributed by atoms with Crippen LogP contribution in [0.2, 0.25) is 0 Å². The van der Waals surface area contributed by atoms with Crippen molar-refractivity contribution in [1.82, 2.24) is 15.2 Å². The van der Waals surface area contributed by atoms with E-state index in [1.54, 1.807) is 20.0 Å². The fourth-order valence-corrected chi connectivity index (χ4v) is 3.30. The van der Waals surface area contributed by atoms with Gasteiger partial charge in [-0.05, 0) is 13.8 Å². The Hall–Kier alpha value is -1.41. The first-order valence-electron chi connectivity index (χ1n) is 4.44. The molecule has 8 heteroatoms. The van der Waals surface area contributed by atoms with Gasteiger partial charge in [-0.15, -0.1) is 11.3 Å². The summed E-state index contributed by atoms with van der Waals surface area (Å²) in [7, 11) is -3.55. The molecule has 2 aromatic heterocycles. The molecule has 0 atom stereocenters. The number of anilines is 1. The van der Waals surface area contributed by atoms with Crippen LogP contribution >= 0.6 is 11.3 Å². The maximum atomic E-state index is 11.9. The van der Waals surface area contributed by atoms with Gasteiger partial charge < -0.3 is 0 Å². The Morgan fingerprint density at radius 2 is 2.12 bits per heavy atom. The van der Waals surface area contributed by atoms with Gasteiger partial charge in [0.25, 0.3) is 10.0 Å². The topological polar surface area (TPSA) is 87.7 Å². The summed E-state index contributed by atoms with van der Waals surface area (Å²) in [4.78, 5) is 3.91. The lowest BCUT2D eigenvalue weighted by Crippen LogP contribution is -2.12. The van der Waals surface area contributed by atoms with Crippen molar-refractivity contribution in [3.05, 3.63) is 23.0 Å². The number of aromatic nitrogens is 3. The number of rotatable bonds is 3. The number of aromatic amines is 1. The highest BCUT2D eigenvalue weighted by Gasteiger charge is 2.18. The first kappa shape index (κ1) is 11.1. The van der Waals surface area contributed by atoms with Crippen molar-refractivity contribution < 1.29 is 8.42 Å². The van der Waals surface area contributed by atoms with Gasteiger partial charge in [-0.1, -0.05) is 0 Å². The van der Waals surface area contributed by atoms with Crippen molar-refractivity contribution in [2.45, 2.75) is 18.1 Å². The quantitative estimate of drug-likeness (QED) is 0.868. The fourth-order valence-electron chi connectivity index (χ4n) is 1.10. The number of hydrogen-bond donors (Lipinski definition) is 2. The highest BCUT2D eigenvalue weighted by molar-refractivity contribution is 7.94. The Kier molecular flexibility index (Phi) is 2.68. The van der Waals surface area contributed by atoms with E-state index in [0.29, 0.717) is 10.8 Å². The van der Waals surface area contributed by atoms with Crippen molar-refractivity contribution >= 4 is 27.2 Å². The molecular weight excluding hydrogens is 248 g/mol. The van der Waals surface area contributed by atoms with Crippen molar-refractivity contribution in [3.63, 3.8) is 0 Å². The van der Waals surface area contributed by atoms with Crippen LogP contribution in [0.4, 0.5) is 5.82 Å². The highest BCUT2D eigenvalue weighted by atomic mass is 32.2. The van der Waals surface area contributed by atoms with Crippen molar-refractivity contribution in [3.8, 4) is 0 Å². The van der Waals surface area contributed by atoms with E-state index < -0.39 is 10.0 Å². The average molecular weight is 258 g/mol. The Labute approximate surface area is 96.8 Å². The van der Waals surface area contributed by atoms with E-state index in [0.717, 1.165) is 16.9 Å². The summed E-state index contributed by atoms with van der Waals surface area (Å²) < 4.78 is 26.4. The molecule has 0 aliphatic carbocycles. The number of nitrogens with one attached hydrogen (secondary N) is 2. The Morgan fingerprint density at radius 1 is 1.38 bits per heavy atom. The number of hydrogen-bond acceptors (Lipinski definition) is 5. The maximum Gasteiger partial charge on any atom is 0.274 e. The molecule has 0 bridgehead atoms. The number of thiazole rings is 1. The lowest BCUT2D eigenvalue weighted by atomic mass is 10.4. The van der Waals surface area contributed by atoms with Gasteiger partial charge in [0.1, 0.15) is 5.82 Å². The Morgan fingerprint density at radius 3 is 2.62 bits per heavy atom. The molecule has 0 aliphatic rings. The van der Waals surface area contributed by atoms with Gasteiger partial charge in [-0.2, -0.15) is 5.10 Å². The second-order valence-electron chi connectivity index (χ2n) is 3.23. The van der Waals surface area contributed by atoms with Crippen molar-refractivity contribution in [2.75, 3.05) is 4.72 Å². The van der Waals surface area contributed by atoms with E-state index in [2.05, 4.69) is 19.9 Å². The van der Waals surface area contributed by atoms with Crippen LogP contribution in [0.25, 0.3) is 0 Å². The molecule has 6 nitrogen and oxygen atoms in total. The minimum Gasteiger partial charge on any atom is -0.263 e. The molecule has 0 saturated heterocycles. The number of nitrogens with zero attached hydrogens (tertiary/aromatic N) is 2. The summed E-state index contributed by atoms with van der Waals surface area (Å²) in [5.74, 6) is 0.381. The standard InChI is InChI=1S/C8H10N4O2S2/c1-5-3-10-11-8(5)12-16(13,14)7-4-9-6(2)15-7/h3-4H,1-2H3,(H2,10,11,12). The van der Waals surface area contributed by atoms with Crippen LogP contribution in [0, 0.1) is 13.8 Å². The molecule has 2 rings (SSSR count). The van der Waals surface area contributed by atoms with Crippen LogP contribution in [0.15, 0.2) is 16.6 Å². The normalized spacial score (nSPS) is 11.6. The van der Waals surface area contributed by atoms with E-state index in [1.165, 1.54) is 6.20 Å². The second kappa shape index (κ2) is 3.87. The third-order valence-corrected chi connectivity index (χ3v) is 4.65. The highest BCUT2D eigenvalue weighted by Crippen LogP contribution is 2.21. The Balaban J connectivity index is 2.31. The van der Waals surface area contributed by atoms with Gasteiger partial charge in [0.2, 0.25) is 0 Å². The molecule has 2 aromatic rings. The average Bonchev–Trinajstić information content (AvgIpc) is 2.77. The number of sulfonamides is 1. The zero-order chi connectivity index (χ0) is 11.8. The molecule has 0 aliphatic heterocycles. The summed E-state index contributed by atoms with van der Waals surface area (Å²) >= 11 is 1.13. The van der Waals surface area contributed by atoms with Crippen molar-refractivity contribution in [2.24, 2.45) is 0 Å². The van der Waals surface area contributed by atoms with Gasteiger partial charge in [0.05, 0.1) is 17.4 Å². The van der Waals surface area contributed by atoms with Crippen LogP contribution < -0.4 is 4.72 Å². The predicted octanol–water partition coefficient (Wildman–Crippen LogP) is 1.28. The third-order valence-electron chi connectivity index (χ3n) is 1.93. The Bertz CT molecular complexity index is 599. The molecule has 2 heterocycles. The van der Waals surface area contributed by atoms with Gasteiger partial charge in [-0.3, -0.25) is 9.82 Å². The molecule has 2 N–H and O–H groups in total. The lowest BCUT2D eigenvalue weighted by molar-refractivity contribution is 0.602. The number of H-pyrrole nitrogens is 1. The smallest absolute Gasteiger partial charge is 0.263 e. The third kappa shape index (κ3) is 2.07. The minimum absolute atomic E-state index is 0.194. The molecule has 0 spiro atoms. The fraction of sp³-hybridized carbons (Fsp3) is 0.250. The zero-order valence-corrected chi connectivity index (χ0v) is 10.3. The van der Waals surface area contributed by atoms with E-state index in [-0.39, 0.29) is 4.21 Å². The van der Waals surface area contributed by atoms with E-state index in [4.69, 9.17) is 0 Å². The van der Waals surface area contributed by atoms with Gasteiger partial charge in [0, 0.05) is 5.56 Å². The summed E-state index contributed by atoms with van der Waals surface area (Å²) in [5, 5.41) is 7.03. The van der Waals surface area contributed by atoms with Crippen LogP contribution in [0.5, 0.6) is 0 Å². The summed E-state index contributed by atoms with van der Waals surface area (Å²) in [5.41, 5.74) is 0.741. The molecule has 0 unspecified atom stereocenters. The number of aryl methyl sites for hydroxylation is 2. The van der Waals surface area contributed by atoms with Crippen molar-refractivity contribution in [1.29, 1.82) is 0 Å². The van der Waals surface area contributed by atoms with Crippen LogP contribution in [-0.2, 0) is 10.0 Å². The maximum absolute atomic E-state index is 11.9. The molecule has 0 fully saturated rings. The van der Waals surface area contributed by atoms with E-state index >= 15 is 0 Å². The minimum atomic E-state index is -3.55. The lowest BCUT2D eigenvalue weighted by Gasteiger charge is -2.03. The molecule has 0 aromatic carbocycles. The van der Waals surface area contributed by atoms with Crippen LogP contribution in [0.1, 0.15) is 10.6 Å². The molecule has 0 saturated carbocycles. The van der Waals surface area contributed by atoms with Gasteiger partial charge in [0.15, 0.2) is 4.21 Å². The summed E-state index contributed by atoms with van der Waals surface area (Å²) in [6.07, 6.45) is 2.89. The molecule has 86 valence electrons. The molecule has 0 amide bonds. The largest absolute Gasteiger partial charge is 0.274 e. The summed E-state index contributed by atoms with van der Waals surface area (Å²) in [6.45, 7) is 3.52. The van der Waals surface area contributed by atoms with Gasteiger partial charge >= 0.3 is 0 Å². The molecule has 16 heavy (non-hydrogen) atoms. The monoisotopic (exact) mass is 258 g/mol. The van der Waals surface area contributed by atoms with E-state index in [1.807, 2.05) is 0 Å². The first-order chi connectivity index (χ1) is 7.49. The van der Waals surface area contributed by atoms with Crippen LogP contribution in [0.3, 0.4) is 0 Å². The zero-order valence-electron chi connectivity index (χ0n) is 8.68. The van der Waals surface area contributed by atoms with E-state index in [9.17, 15) is 8.42 Å². The predicted molar refractivity (Wildman–Crippen MR) is 61.0 cm³/mol. The first-order valence-corrected chi connectivity index (χ1v) is 6.74. The SMILES string of the molecule is Cc1ncc(S(=O)(=O)Nc2[nH]ncc2C)s1. The van der Waals surface area contributed by atoms with Gasteiger partial charge in [-0.25, -0.2) is 13.4 Å². The second-order valence-corrected chi connectivity index (χ2v) is 6.38. The molecule has 0 radical (unpaired) electrons. The summed E-state index contributed by atoms with van der Waals surface area (Å²) in [6, 6.07) is 0. The molecular formula is C8H10N4O2S2.